The maximum absolute atomic E-state index is 11.6. The average molecular weight is 487 g/mol. The van der Waals surface area contributed by atoms with Crippen LogP contribution in [0.5, 0.6) is 0 Å². The van der Waals surface area contributed by atoms with Gasteiger partial charge in [-0.05, 0) is 95.0 Å². The minimum Gasteiger partial charge on any atom is -0.396 e. The predicted octanol–water partition coefficient (Wildman–Crippen LogP) is 6.33. The number of hydrogen-bond acceptors (Lipinski definition) is 4. The highest BCUT2D eigenvalue weighted by atomic mass is 16.3. The molecule has 35 heavy (non-hydrogen) atoms. The first kappa shape index (κ1) is 29.7. The molecule has 0 amide bonds. The number of hydrogen-bond donors (Lipinski definition) is 3. The van der Waals surface area contributed by atoms with E-state index in [2.05, 4.69) is 52.5 Å². The van der Waals surface area contributed by atoms with E-state index in [0.717, 1.165) is 24.7 Å². The van der Waals surface area contributed by atoms with Gasteiger partial charge < -0.3 is 15.3 Å². The van der Waals surface area contributed by atoms with E-state index in [-0.39, 0.29) is 24.5 Å². The lowest BCUT2D eigenvalue weighted by Crippen LogP contribution is -2.56. The minimum absolute atomic E-state index is 0.0544. The van der Waals surface area contributed by atoms with Crippen LogP contribution in [0.4, 0.5) is 0 Å². The fourth-order valence-corrected chi connectivity index (χ4v) is 6.63. The molecule has 0 aromatic rings. The molecular weight excluding hydrogens is 436 g/mol. The molecule has 0 radical (unpaired) electrons. The van der Waals surface area contributed by atoms with E-state index in [4.69, 9.17) is 0 Å². The summed E-state index contributed by atoms with van der Waals surface area (Å²) >= 11 is 0. The number of carbonyl (C=O) groups excluding carboxylic acids is 1. The van der Waals surface area contributed by atoms with E-state index in [1.54, 1.807) is 0 Å². The van der Waals surface area contributed by atoms with Gasteiger partial charge in [0.05, 0.1) is 12.2 Å². The van der Waals surface area contributed by atoms with Gasteiger partial charge in [-0.1, -0.05) is 62.3 Å². The van der Waals surface area contributed by atoms with Crippen LogP contribution in [-0.4, -0.2) is 40.4 Å². The van der Waals surface area contributed by atoms with Crippen molar-refractivity contribution in [2.75, 3.05) is 13.2 Å². The van der Waals surface area contributed by atoms with Crippen LogP contribution in [0.25, 0.3) is 0 Å². The van der Waals surface area contributed by atoms with Crippen molar-refractivity contribution in [3.8, 4) is 0 Å². The first-order valence-electron chi connectivity index (χ1n) is 13.5. The highest BCUT2D eigenvalue weighted by Crippen LogP contribution is 2.55. The fraction of sp³-hybridized carbons (Fsp3) is 0.710. The van der Waals surface area contributed by atoms with Crippen LogP contribution in [0.1, 0.15) is 92.9 Å². The molecule has 0 aromatic heterocycles. The quantitative estimate of drug-likeness (QED) is 0.146. The van der Waals surface area contributed by atoms with Crippen LogP contribution in [0, 0.1) is 28.6 Å². The summed E-state index contributed by atoms with van der Waals surface area (Å²) in [6.45, 7) is 17.0. The highest BCUT2D eigenvalue weighted by Gasteiger charge is 2.55. The van der Waals surface area contributed by atoms with Gasteiger partial charge >= 0.3 is 0 Å². The van der Waals surface area contributed by atoms with Gasteiger partial charge in [-0.15, -0.1) is 0 Å². The van der Waals surface area contributed by atoms with Crippen LogP contribution in [-0.2, 0) is 4.79 Å². The van der Waals surface area contributed by atoms with Crippen molar-refractivity contribution in [2.45, 2.75) is 98.5 Å². The number of aliphatic hydroxyl groups excluding tert-OH is 2. The van der Waals surface area contributed by atoms with E-state index in [9.17, 15) is 20.1 Å². The molecule has 2 aliphatic carbocycles. The van der Waals surface area contributed by atoms with Gasteiger partial charge in [0.15, 0.2) is 0 Å². The number of carbonyl (C=O) groups is 1. The van der Waals surface area contributed by atoms with Gasteiger partial charge in [0.25, 0.3) is 0 Å². The molecule has 2 aliphatic rings. The summed E-state index contributed by atoms with van der Waals surface area (Å²) in [4.78, 5) is 11.6. The van der Waals surface area contributed by atoms with Gasteiger partial charge in [0.2, 0.25) is 0 Å². The zero-order chi connectivity index (χ0) is 26.4. The number of aldehydes is 1. The van der Waals surface area contributed by atoms with Crippen molar-refractivity contribution in [1.82, 2.24) is 0 Å². The Hall–Kier alpha value is -1.49. The lowest BCUT2D eigenvalue weighted by atomic mass is 9.53. The summed E-state index contributed by atoms with van der Waals surface area (Å²) in [6.07, 6.45) is 13.6. The van der Waals surface area contributed by atoms with Gasteiger partial charge in [0, 0.05) is 17.9 Å². The zero-order valence-electron chi connectivity index (χ0n) is 23.1. The summed E-state index contributed by atoms with van der Waals surface area (Å²) in [5, 5.41) is 31.7. The second-order valence-corrected chi connectivity index (χ2v) is 12.1. The van der Waals surface area contributed by atoms with E-state index >= 15 is 0 Å². The number of rotatable bonds is 10. The second kappa shape index (κ2) is 12.2. The summed E-state index contributed by atoms with van der Waals surface area (Å²) in [5.41, 5.74) is 2.59. The van der Waals surface area contributed by atoms with Gasteiger partial charge in [-0.25, -0.2) is 0 Å². The van der Waals surface area contributed by atoms with Crippen LogP contribution in [0.2, 0.25) is 0 Å². The van der Waals surface area contributed by atoms with Gasteiger partial charge in [0.1, 0.15) is 6.29 Å². The maximum Gasteiger partial charge on any atom is 0.145 e. The Morgan fingerprint density at radius 1 is 1.17 bits per heavy atom. The summed E-state index contributed by atoms with van der Waals surface area (Å²) in [5.74, 6) is 0.878. The summed E-state index contributed by atoms with van der Waals surface area (Å²) in [6, 6.07) is 0. The molecule has 2 rings (SSSR count). The SMILES string of the molecule is C=C1CC[C@H](C)C(C)(C)[C@@H]1/C=C/C(C)=C\CC[C@@]1(CO)[C@H](CCCO)/C(=C(/C)C=O)CC[C@]1(C)O. The van der Waals surface area contributed by atoms with E-state index in [0.29, 0.717) is 49.5 Å². The monoisotopic (exact) mass is 486 g/mol. The first-order chi connectivity index (χ1) is 16.4. The Morgan fingerprint density at radius 2 is 1.86 bits per heavy atom. The molecule has 0 saturated heterocycles. The Labute approximate surface area is 213 Å². The van der Waals surface area contributed by atoms with E-state index in [1.165, 1.54) is 17.6 Å². The summed E-state index contributed by atoms with van der Waals surface area (Å²) in [7, 11) is 0. The lowest BCUT2D eigenvalue weighted by Gasteiger charge is -2.54. The molecule has 198 valence electrons. The molecule has 5 atom stereocenters. The first-order valence-corrected chi connectivity index (χ1v) is 13.5. The third-order valence-corrected chi connectivity index (χ3v) is 9.68. The Kier molecular flexibility index (Phi) is 10.3. The maximum atomic E-state index is 11.6. The van der Waals surface area contributed by atoms with Crippen molar-refractivity contribution in [3.05, 3.63) is 47.1 Å². The van der Waals surface area contributed by atoms with E-state index in [1.807, 2.05) is 13.8 Å². The smallest absolute Gasteiger partial charge is 0.145 e. The van der Waals surface area contributed by atoms with Crippen molar-refractivity contribution >= 4 is 6.29 Å². The van der Waals surface area contributed by atoms with Crippen LogP contribution < -0.4 is 0 Å². The van der Waals surface area contributed by atoms with E-state index < -0.39 is 11.0 Å². The predicted molar refractivity (Wildman–Crippen MR) is 145 cm³/mol. The van der Waals surface area contributed by atoms with Crippen molar-refractivity contribution < 1.29 is 20.1 Å². The molecule has 0 aliphatic heterocycles. The largest absolute Gasteiger partial charge is 0.396 e. The van der Waals surface area contributed by atoms with Gasteiger partial charge in [-0.2, -0.15) is 0 Å². The van der Waals surface area contributed by atoms with Crippen molar-refractivity contribution in [3.63, 3.8) is 0 Å². The molecule has 3 N–H and O–H groups in total. The Bertz CT molecular complexity index is 844. The molecule has 0 aromatic carbocycles. The molecule has 4 nitrogen and oxygen atoms in total. The van der Waals surface area contributed by atoms with Gasteiger partial charge in [-0.3, -0.25) is 4.79 Å². The normalized spacial score (nSPS) is 35.4. The van der Waals surface area contributed by atoms with Crippen LogP contribution in [0.3, 0.4) is 0 Å². The molecule has 2 saturated carbocycles. The van der Waals surface area contributed by atoms with Crippen molar-refractivity contribution in [2.24, 2.45) is 28.6 Å². The molecular formula is C31H50O4. The fourth-order valence-electron chi connectivity index (χ4n) is 6.63. The zero-order valence-corrected chi connectivity index (χ0v) is 23.1. The third-order valence-electron chi connectivity index (χ3n) is 9.68. The highest BCUT2D eigenvalue weighted by molar-refractivity contribution is 5.74. The standard InChI is InChI=1S/C31H50O4/c1-22(12-15-27-23(2)13-14-25(4)29(27,5)6)10-8-17-31(21-34)28(11-9-19-32)26(24(3)20-33)16-18-30(31,7)35/h10,12,15,20,25,27-28,32,34-35H,2,8-9,11,13-14,16-19,21H2,1,3-7H3/b15-12+,22-10-,26-24-/t25-,27+,28+,30-,31+/m0/s1. The third kappa shape index (κ3) is 6.26. The summed E-state index contributed by atoms with van der Waals surface area (Å²) < 4.78 is 0. The number of aliphatic hydroxyl groups is 3. The van der Waals surface area contributed by atoms with Crippen LogP contribution in [0.15, 0.2) is 47.1 Å². The lowest BCUT2D eigenvalue weighted by molar-refractivity contribution is -0.146. The molecule has 0 heterocycles. The Balaban J connectivity index is 2.27. The Morgan fingerprint density at radius 3 is 2.46 bits per heavy atom. The molecule has 0 unspecified atom stereocenters. The topological polar surface area (TPSA) is 77.8 Å². The number of allylic oxidation sites excluding steroid dienone is 7. The molecule has 4 heteroatoms. The molecule has 0 spiro atoms. The minimum atomic E-state index is -1.05. The second-order valence-electron chi connectivity index (χ2n) is 12.1. The molecule has 2 fully saturated rings. The average Bonchev–Trinajstić information content (AvgIpc) is 2.80. The van der Waals surface area contributed by atoms with Crippen LogP contribution >= 0.6 is 0 Å². The molecule has 0 bridgehead atoms. The van der Waals surface area contributed by atoms with Crippen molar-refractivity contribution in [1.29, 1.82) is 0 Å².